The first-order chi connectivity index (χ1) is 8.57. The van der Waals surface area contributed by atoms with E-state index >= 15 is 0 Å². The number of nitrogens with zero attached hydrogens (tertiary/aromatic N) is 1. The van der Waals surface area contributed by atoms with Crippen molar-refractivity contribution in [3.8, 4) is 0 Å². The molecule has 1 aliphatic rings. The zero-order valence-corrected chi connectivity index (χ0v) is 11.9. The van der Waals surface area contributed by atoms with Gasteiger partial charge in [0.15, 0.2) is 5.13 Å². The van der Waals surface area contributed by atoms with Crippen LogP contribution in [0.25, 0.3) is 10.2 Å². The van der Waals surface area contributed by atoms with Crippen molar-refractivity contribution in [1.82, 2.24) is 4.98 Å². The van der Waals surface area contributed by atoms with Crippen molar-refractivity contribution >= 4 is 38.3 Å². The molecule has 0 amide bonds. The van der Waals surface area contributed by atoms with Gasteiger partial charge in [0, 0.05) is 11.6 Å². The summed E-state index contributed by atoms with van der Waals surface area (Å²) in [7, 11) is 0. The SMILES string of the molecule is CC1OCCC1(C)Nc1nc2cc(Cl)ccc2s1. The summed E-state index contributed by atoms with van der Waals surface area (Å²) < 4.78 is 6.78. The summed E-state index contributed by atoms with van der Waals surface area (Å²) in [4.78, 5) is 4.58. The minimum atomic E-state index is -0.0301. The van der Waals surface area contributed by atoms with Gasteiger partial charge in [-0.15, -0.1) is 0 Å². The molecule has 1 N–H and O–H groups in total. The van der Waals surface area contributed by atoms with E-state index in [1.54, 1.807) is 11.3 Å². The second kappa shape index (κ2) is 4.37. The van der Waals surface area contributed by atoms with Crippen LogP contribution in [0.4, 0.5) is 5.13 Å². The predicted molar refractivity (Wildman–Crippen MR) is 76.7 cm³/mol. The van der Waals surface area contributed by atoms with Crippen molar-refractivity contribution in [1.29, 1.82) is 0 Å². The smallest absolute Gasteiger partial charge is 0.184 e. The highest BCUT2D eigenvalue weighted by Crippen LogP contribution is 2.34. The average molecular weight is 283 g/mol. The van der Waals surface area contributed by atoms with Gasteiger partial charge >= 0.3 is 0 Å². The van der Waals surface area contributed by atoms with Gasteiger partial charge < -0.3 is 10.1 Å². The Morgan fingerprint density at radius 1 is 1.56 bits per heavy atom. The lowest BCUT2D eigenvalue weighted by Crippen LogP contribution is -2.41. The first-order valence-electron chi connectivity index (χ1n) is 6.03. The third kappa shape index (κ3) is 2.09. The molecule has 2 unspecified atom stereocenters. The van der Waals surface area contributed by atoms with Crippen LogP contribution in [-0.2, 0) is 4.74 Å². The van der Waals surface area contributed by atoms with Crippen LogP contribution in [0.15, 0.2) is 18.2 Å². The van der Waals surface area contributed by atoms with Gasteiger partial charge in [0.25, 0.3) is 0 Å². The molecule has 3 nitrogen and oxygen atoms in total. The lowest BCUT2D eigenvalue weighted by atomic mass is 9.95. The molecule has 3 rings (SSSR count). The van der Waals surface area contributed by atoms with Gasteiger partial charge in [-0.05, 0) is 38.5 Å². The quantitative estimate of drug-likeness (QED) is 0.906. The number of rotatable bonds is 2. The van der Waals surface area contributed by atoms with E-state index in [1.165, 1.54) is 0 Å². The van der Waals surface area contributed by atoms with E-state index in [2.05, 4.69) is 24.1 Å². The lowest BCUT2D eigenvalue weighted by Gasteiger charge is -2.28. The van der Waals surface area contributed by atoms with Crippen LogP contribution in [0.3, 0.4) is 0 Å². The highest BCUT2D eigenvalue weighted by Gasteiger charge is 2.37. The topological polar surface area (TPSA) is 34.1 Å². The fraction of sp³-hybridized carbons (Fsp3) is 0.462. The number of aromatic nitrogens is 1. The van der Waals surface area contributed by atoms with E-state index in [0.717, 1.165) is 33.4 Å². The van der Waals surface area contributed by atoms with Crippen molar-refractivity contribution in [3.63, 3.8) is 0 Å². The van der Waals surface area contributed by atoms with Gasteiger partial charge in [0.1, 0.15) is 0 Å². The van der Waals surface area contributed by atoms with Crippen LogP contribution < -0.4 is 5.32 Å². The van der Waals surface area contributed by atoms with Gasteiger partial charge in [-0.1, -0.05) is 22.9 Å². The first-order valence-corrected chi connectivity index (χ1v) is 7.22. The van der Waals surface area contributed by atoms with Gasteiger partial charge in [-0.2, -0.15) is 0 Å². The Morgan fingerprint density at radius 3 is 3.11 bits per heavy atom. The van der Waals surface area contributed by atoms with Crippen LogP contribution in [0.1, 0.15) is 20.3 Å². The number of benzene rings is 1. The molecule has 2 aromatic rings. The molecule has 0 saturated carbocycles. The summed E-state index contributed by atoms with van der Waals surface area (Å²) in [5, 5.41) is 5.18. The van der Waals surface area contributed by atoms with Crippen molar-refractivity contribution in [2.24, 2.45) is 0 Å². The Morgan fingerprint density at radius 2 is 2.39 bits per heavy atom. The summed E-state index contributed by atoms with van der Waals surface area (Å²) in [6.07, 6.45) is 1.21. The zero-order valence-electron chi connectivity index (χ0n) is 10.4. The normalized spacial score (nSPS) is 27.8. The Hall–Kier alpha value is -0.840. The third-order valence-corrected chi connectivity index (χ3v) is 4.82. The highest BCUT2D eigenvalue weighted by molar-refractivity contribution is 7.22. The standard InChI is InChI=1S/C13H15ClN2OS/c1-8-13(2,5-6-17-8)16-12-15-10-7-9(14)3-4-11(10)18-12/h3-4,7-8H,5-6H2,1-2H3,(H,15,16). The molecule has 0 aliphatic carbocycles. The largest absolute Gasteiger partial charge is 0.376 e. The molecule has 0 spiro atoms. The molecule has 1 aromatic heterocycles. The van der Waals surface area contributed by atoms with Gasteiger partial charge in [-0.25, -0.2) is 4.98 Å². The first kappa shape index (κ1) is 12.2. The van der Waals surface area contributed by atoms with Crippen LogP contribution in [-0.4, -0.2) is 23.2 Å². The Bertz CT molecular complexity index is 585. The van der Waals surface area contributed by atoms with Crippen molar-refractivity contribution in [2.75, 3.05) is 11.9 Å². The molecule has 0 radical (unpaired) electrons. The number of halogens is 1. The number of anilines is 1. The molecule has 0 bridgehead atoms. The second-order valence-electron chi connectivity index (χ2n) is 4.94. The van der Waals surface area contributed by atoms with E-state index < -0.39 is 0 Å². The lowest BCUT2D eigenvalue weighted by molar-refractivity contribution is 0.105. The minimum absolute atomic E-state index is 0.0301. The molecule has 1 aromatic carbocycles. The van der Waals surface area contributed by atoms with Crippen molar-refractivity contribution in [3.05, 3.63) is 23.2 Å². The number of thiazole rings is 1. The Labute approximate surface area is 115 Å². The Balaban J connectivity index is 1.91. The summed E-state index contributed by atoms with van der Waals surface area (Å²) in [5.41, 5.74) is 0.919. The van der Waals surface area contributed by atoms with Crippen LogP contribution >= 0.6 is 22.9 Å². The number of fused-ring (bicyclic) bond motifs is 1. The molecular weight excluding hydrogens is 268 g/mol. The molecule has 2 atom stereocenters. The van der Waals surface area contributed by atoms with E-state index in [9.17, 15) is 0 Å². The Kier molecular flexibility index (Phi) is 2.96. The minimum Gasteiger partial charge on any atom is -0.376 e. The molecule has 96 valence electrons. The molecule has 1 saturated heterocycles. The van der Waals surface area contributed by atoms with Crippen LogP contribution in [0.2, 0.25) is 5.02 Å². The maximum atomic E-state index is 5.97. The molecule has 1 aliphatic heterocycles. The molecular formula is C13H15ClN2OS. The highest BCUT2D eigenvalue weighted by atomic mass is 35.5. The predicted octanol–water partition coefficient (Wildman–Crippen LogP) is 3.93. The summed E-state index contributed by atoms with van der Waals surface area (Å²) in [5.74, 6) is 0. The third-order valence-electron chi connectivity index (χ3n) is 3.63. The second-order valence-corrected chi connectivity index (χ2v) is 6.40. The number of hydrogen-bond donors (Lipinski definition) is 1. The molecule has 5 heteroatoms. The maximum Gasteiger partial charge on any atom is 0.184 e. The number of nitrogens with one attached hydrogen (secondary N) is 1. The van der Waals surface area contributed by atoms with E-state index in [0.29, 0.717) is 0 Å². The molecule has 2 heterocycles. The summed E-state index contributed by atoms with van der Waals surface area (Å²) in [6.45, 7) is 5.09. The fourth-order valence-corrected chi connectivity index (χ4v) is 3.35. The van der Waals surface area contributed by atoms with Gasteiger partial charge in [-0.3, -0.25) is 0 Å². The fourth-order valence-electron chi connectivity index (χ4n) is 2.20. The van der Waals surface area contributed by atoms with E-state index in [-0.39, 0.29) is 11.6 Å². The summed E-state index contributed by atoms with van der Waals surface area (Å²) in [6, 6.07) is 5.81. The van der Waals surface area contributed by atoms with Crippen LogP contribution in [0, 0.1) is 0 Å². The van der Waals surface area contributed by atoms with Crippen LogP contribution in [0.5, 0.6) is 0 Å². The average Bonchev–Trinajstić information content (AvgIpc) is 2.83. The van der Waals surface area contributed by atoms with Gasteiger partial charge in [0.2, 0.25) is 0 Å². The van der Waals surface area contributed by atoms with Crippen molar-refractivity contribution in [2.45, 2.75) is 31.9 Å². The van der Waals surface area contributed by atoms with Gasteiger partial charge in [0.05, 0.1) is 21.9 Å². The number of hydrogen-bond acceptors (Lipinski definition) is 4. The number of ether oxygens (including phenoxy) is 1. The molecule has 1 fully saturated rings. The maximum absolute atomic E-state index is 5.97. The monoisotopic (exact) mass is 282 g/mol. The van der Waals surface area contributed by atoms with E-state index in [4.69, 9.17) is 16.3 Å². The summed E-state index contributed by atoms with van der Waals surface area (Å²) >= 11 is 7.63. The van der Waals surface area contributed by atoms with Crippen molar-refractivity contribution < 1.29 is 4.74 Å². The van der Waals surface area contributed by atoms with E-state index in [1.807, 2.05) is 18.2 Å². The zero-order chi connectivity index (χ0) is 12.8. The molecule has 18 heavy (non-hydrogen) atoms.